The summed E-state index contributed by atoms with van der Waals surface area (Å²) in [5, 5.41) is 5.86. The van der Waals surface area contributed by atoms with Gasteiger partial charge in [0.25, 0.3) is 5.91 Å². The van der Waals surface area contributed by atoms with Crippen LogP contribution in [-0.2, 0) is 4.79 Å². The maximum Gasteiger partial charge on any atom is 0.254 e. The Bertz CT molecular complexity index is 548. The van der Waals surface area contributed by atoms with Gasteiger partial charge in [-0.25, -0.2) is 4.39 Å². The molecule has 1 aliphatic heterocycles. The third-order valence-electron chi connectivity index (χ3n) is 3.58. The molecule has 0 bridgehead atoms. The van der Waals surface area contributed by atoms with E-state index in [9.17, 15) is 14.0 Å². The van der Waals surface area contributed by atoms with Gasteiger partial charge in [0.15, 0.2) is 0 Å². The molecule has 1 fully saturated rings. The summed E-state index contributed by atoms with van der Waals surface area (Å²) in [6.45, 7) is 5.58. The Morgan fingerprint density at radius 3 is 2.90 bits per heavy atom. The van der Waals surface area contributed by atoms with Crippen LogP contribution in [0.4, 0.5) is 4.39 Å². The van der Waals surface area contributed by atoms with Crippen molar-refractivity contribution in [2.24, 2.45) is 0 Å². The van der Waals surface area contributed by atoms with Gasteiger partial charge in [0.1, 0.15) is 11.9 Å². The van der Waals surface area contributed by atoms with E-state index in [-0.39, 0.29) is 17.6 Å². The predicted molar refractivity (Wildman–Crippen MR) is 77.5 cm³/mol. The molecule has 1 saturated heterocycles. The first kappa shape index (κ1) is 15.4. The van der Waals surface area contributed by atoms with Crippen molar-refractivity contribution in [3.63, 3.8) is 0 Å². The average Bonchev–Trinajstić information content (AvgIpc) is 2.47. The minimum Gasteiger partial charge on any atom is -0.355 e. The monoisotopic (exact) mass is 293 g/mol. The third kappa shape index (κ3) is 3.39. The lowest BCUT2D eigenvalue weighted by molar-refractivity contribution is -0.126. The number of aryl methyl sites for hydroxylation is 1. The van der Waals surface area contributed by atoms with Gasteiger partial charge in [-0.3, -0.25) is 9.59 Å². The molecule has 1 heterocycles. The summed E-state index contributed by atoms with van der Waals surface area (Å²) in [6, 6.07) is 3.54. The van der Waals surface area contributed by atoms with Crippen LogP contribution in [0.5, 0.6) is 0 Å². The molecule has 2 N–H and O–H groups in total. The van der Waals surface area contributed by atoms with Crippen molar-refractivity contribution in [3.05, 3.63) is 35.1 Å². The maximum atomic E-state index is 13.2. The summed E-state index contributed by atoms with van der Waals surface area (Å²) in [4.78, 5) is 26.3. The van der Waals surface area contributed by atoms with Gasteiger partial charge < -0.3 is 15.5 Å². The van der Waals surface area contributed by atoms with Crippen LogP contribution in [0.3, 0.4) is 0 Å². The molecule has 0 aromatic heterocycles. The zero-order valence-electron chi connectivity index (χ0n) is 12.3. The van der Waals surface area contributed by atoms with E-state index >= 15 is 0 Å². The molecule has 2 amide bonds. The first-order valence-corrected chi connectivity index (χ1v) is 7.10. The summed E-state index contributed by atoms with van der Waals surface area (Å²) in [5.74, 6) is -0.771. The lowest BCUT2D eigenvalue weighted by Gasteiger charge is -2.35. The highest BCUT2D eigenvalue weighted by Crippen LogP contribution is 2.16. The Morgan fingerprint density at radius 2 is 2.24 bits per heavy atom. The van der Waals surface area contributed by atoms with Crippen LogP contribution >= 0.6 is 0 Å². The largest absolute Gasteiger partial charge is 0.355 e. The fraction of sp³-hybridized carbons (Fsp3) is 0.467. The predicted octanol–water partition coefficient (Wildman–Crippen LogP) is 0.684. The minimum absolute atomic E-state index is 0.169. The number of rotatable bonds is 3. The van der Waals surface area contributed by atoms with Gasteiger partial charge in [-0.1, -0.05) is 0 Å². The van der Waals surface area contributed by atoms with Crippen LogP contribution < -0.4 is 10.6 Å². The molecular weight excluding hydrogens is 273 g/mol. The average molecular weight is 293 g/mol. The molecule has 6 heteroatoms. The van der Waals surface area contributed by atoms with Crippen molar-refractivity contribution in [2.45, 2.75) is 19.9 Å². The van der Waals surface area contributed by atoms with Crippen LogP contribution in [0.15, 0.2) is 18.2 Å². The molecule has 114 valence electrons. The van der Waals surface area contributed by atoms with E-state index in [4.69, 9.17) is 0 Å². The molecule has 2 rings (SSSR count). The third-order valence-corrected chi connectivity index (χ3v) is 3.58. The Morgan fingerprint density at radius 1 is 1.48 bits per heavy atom. The fourth-order valence-electron chi connectivity index (χ4n) is 2.50. The molecule has 0 aliphatic carbocycles. The summed E-state index contributed by atoms with van der Waals surface area (Å²) in [5.41, 5.74) is 1.01. The van der Waals surface area contributed by atoms with Crippen molar-refractivity contribution in [2.75, 3.05) is 26.2 Å². The van der Waals surface area contributed by atoms with E-state index < -0.39 is 6.04 Å². The quantitative estimate of drug-likeness (QED) is 0.862. The number of hydrogen-bond donors (Lipinski definition) is 2. The van der Waals surface area contributed by atoms with Crippen molar-refractivity contribution < 1.29 is 14.0 Å². The summed E-state index contributed by atoms with van der Waals surface area (Å²) in [6.07, 6.45) is 0. The molecule has 21 heavy (non-hydrogen) atoms. The highest BCUT2D eigenvalue weighted by molar-refractivity contribution is 5.98. The summed E-state index contributed by atoms with van der Waals surface area (Å²) >= 11 is 0. The van der Waals surface area contributed by atoms with Crippen molar-refractivity contribution in [1.82, 2.24) is 15.5 Å². The smallest absolute Gasteiger partial charge is 0.254 e. The number of nitrogens with zero attached hydrogens (tertiary/aromatic N) is 1. The van der Waals surface area contributed by atoms with Crippen LogP contribution in [-0.4, -0.2) is 48.9 Å². The standard InChI is InChI=1S/C15H20FN3O2/c1-3-18-14(20)13-9-17-6-7-19(13)15(21)12-5-4-11(16)8-10(12)2/h4-5,8,13,17H,3,6-7,9H2,1-2H3,(H,18,20). The zero-order valence-corrected chi connectivity index (χ0v) is 12.3. The Labute approximate surface area is 123 Å². The molecular formula is C15H20FN3O2. The van der Waals surface area contributed by atoms with Crippen LogP contribution in [0.2, 0.25) is 0 Å². The Balaban J connectivity index is 2.24. The lowest BCUT2D eigenvalue weighted by atomic mass is 10.0. The van der Waals surface area contributed by atoms with Gasteiger partial charge in [0.2, 0.25) is 5.91 Å². The van der Waals surface area contributed by atoms with Gasteiger partial charge in [-0.15, -0.1) is 0 Å². The normalized spacial score (nSPS) is 18.4. The molecule has 1 aromatic carbocycles. The molecule has 5 nitrogen and oxygen atoms in total. The first-order chi connectivity index (χ1) is 10.0. The highest BCUT2D eigenvalue weighted by Gasteiger charge is 2.32. The van der Waals surface area contributed by atoms with Crippen LogP contribution in [0.1, 0.15) is 22.8 Å². The van der Waals surface area contributed by atoms with E-state index in [0.29, 0.717) is 37.3 Å². The Hall–Kier alpha value is -1.95. The van der Waals surface area contributed by atoms with Crippen molar-refractivity contribution in [3.8, 4) is 0 Å². The molecule has 1 unspecified atom stereocenters. The number of carbonyl (C=O) groups is 2. The number of nitrogens with one attached hydrogen (secondary N) is 2. The molecule has 0 radical (unpaired) electrons. The molecule has 1 aromatic rings. The number of benzene rings is 1. The second kappa shape index (κ2) is 6.67. The number of piperazine rings is 1. The van der Waals surface area contributed by atoms with E-state index in [0.717, 1.165) is 0 Å². The summed E-state index contributed by atoms with van der Waals surface area (Å²) in [7, 11) is 0. The van der Waals surface area contributed by atoms with Gasteiger partial charge in [-0.2, -0.15) is 0 Å². The van der Waals surface area contributed by atoms with Gasteiger partial charge >= 0.3 is 0 Å². The second-order valence-corrected chi connectivity index (χ2v) is 5.07. The number of carbonyl (C=O) groups excluding carboxylic acids is 2. The summed E-state index contributed by atoms with van der Waals surface area (Å²) < 4.78 is 13.2. The number of halogens is 1. The number of likely N-dealkylation sites (N-methyl/N-ethyl adjacent to an activating group) is 1. The molecule has 0 saturated carbocycles. The first-order valence-electron chi connectivity index (χ1n) is 7.10. The topological polar surface area (TPSA) is 61.4 Å². The fourth-order valence-corrected chi connectivity index (χ4v) is 2.50. The second-order valence-electron chi connectivity index (χ2n) is 5.07. The Kier molecular flexibility index (Phi) is 4.90. The maximum absolute atomic E-state index is 13.2. The molecule has 1 aliphatic rings. The van der Waals surface area contributed by atoms with Crippen molar-refractivity contribution >= 4 is 11.8 Å². The molecule has 0 spiro atoms. The van der Waals surface area contributed by atoms with Gasteiger partial charge in [0.05, 0.1) is 0 Å². The number of hydrogen-bond acceptors (Lipinski definition) is 3. The zero-order chi connectivity index (χ0) is 15.4. The minimum atomic E-state index is -0.532. The highest BCUT2D eigenvalue weighted by atomic mass is 19.1. The van der Waals surface area contributed by atoms with E-state index in [1.54, 1.807) is 11.8 Å². The molecule has 1 atom stereocenters. The van der Waals surface area contributed by atoms with Crippen LogP contribution in [0, 0.1) is 12.7 Å². The lowest BCUT2D eigenvalue weighted by Crippen LogP contribution is -2.59. The van der Waals surface area contributed by atoms with Gasteiger partial charge in [-0.05, 0) is 37.6 Å². The van der Waals surface area contributed by atoms with E-state index in [1.807, 2.05) is 6.92 Å². The van der Waals surface area contributed by atoms with E-state index in [2.05, 4.69) is 10.6 Å². The van der Waals surface area contributed by atoms with Crippen LogP contribution in [0.25, 0.3) is 0 Å². The number of amides is 2. The van der Waals surface area contributed by atoms with Gasteiger partial charge in [0, 0.05) is 31.7 Å². The SMILES string of the molecule is CCNC(=O)C1CNCCN1C(=O)c1ccc(F)cc1C. The van der Waals surface area contributed by atoms with Crippen molar-refractivity contribution in [1.29, 1.82) is 0 Å². The van der Waals surface area contributed by atoms with E-state index in [1.165, 1.54) is 18.2 Å².